The molecule has 0 bridgehead atoms. The molecule has 0 unspecified atom stereocenters. The molecule has 72 valence electrons. The summed E-state index contributed by atoms with van der Waals surface area (Å²) in [5, 5.41) is 18.9. The number of nitriles is 1. The van der Waals surface area contributed by atoms with Gasteiger partial charge in [-0.15, -0.1) is 0 Å². The Balaban J connectivity index is 3.04. The molecule has 0 heterocycles. The molecule has 0 saturated carbocycles. The van der Waals surface area contributed by atoms with Crippen molar-refractivity contribution in [2.45, 2.75) is 6.10 Å². The van der Waals surface area contributed by atoms with Crippen molar-refractivity contribution in [3.05, 3.63) is 46.0 Å². The smallest absolute Gasteiger partial charge is 0.113 e. The van der Waals surface area contributed by atoms with Gasteiger partial charge >= 0.3 is 0 Å². The molecule has 1 aromatic carbocycles. The van der Waals surface area contributed by atoms with Gasteiger partial charge in [0.25, 0.3) is 0 Å². The van der Waals surface area contributed by atoms with E-state index >= 15 is 0 Å². The van der Waals surface area contributed by atoms with Crippen LogP contribution in [0.25, 0.3) is 0 Å². The molecule has 2 nitrogen and oxygen atoms in total. The summed E-state index contributed by atoms with van der Waals surface area (Å²) in [6.45, 7) is 3.41. The van der Waals surface area contributed by atoms with Gasteiger partial charge in [-0.05, 0) is 17.7 Å². The van der Waals surface area contributed by atoms with Crippen molar-refractivity contribution >= 4 is 23.2 Å². The Hall–Kier alpha value is -1.01. The van der Waals surface area contributed by atoms with Crippen molar-refractivity contribution in [2.24, 2.45) is 0 Å². The number of nitrogens with zero attached hydrogens (tertiary/aromatic N) is 1. The highest BCUT2D eigenvalue weighted by Crippen LogP contribution is 2.27. The molecule has 0 amide bonds. The van der Waals surface area contributed by atoms with Crippen LogP contribution in [0, 0.1) is 11.3 Å². The molecule has 1 aromatic rings. The molecule has 0 aliphatic heterocycles. The standard InChI is InChI=1S/C10H7Cl2NO/c1-6(5-13)10(14)7-2-3-8(11)9(12)4-7/h2-4,10,14H,1H2/t10-/m1/s1. The molecule has 0 fully saturated rings. The average Bonchev–Trinajstić information content (AvgIpc) is 2.20. The average molecular weight is 228 g/mol. The molecular weight excluding hydrogens is 221 g/mol. The summed E-state index contributed by atoms with van der Waals surface area (Å²) < 4.78 is 0. The number of aliphatic hydroxyl groups excluding tert-OH is 1. The SMILES string of the molecule is C=C(C#N)[C@@H](O)c1ccc(Cl)c(Cl)c1. The number of aliphatic hydroxyl groups is 1. The molecule has 0 aliphatic rings. The third-order valence-corrected chi connectivity index (χ3v) is 2.47. The number of hydrogen-bond donors (Lipinski definition) is 1. The Labute approximate surface area is 92.0 Å². The normalized spacial score (nSPS) is 11.9. The van der Waals surface area contributed by atoms with Gasteiger partial charge in [0, 0.05) is 0 Å². The summed E-state index contributed by atoms with van der Waals surface area (Å²) in [6.07, 6.45) is -1.02. The minimum absolute atomic E-state index is 0.0726. The largest absolute Gasteiger partial charge is 0.383 e. The number of rotatable bonds is 2. The lowest BCUT2D eigenvalue weighted by Gasteiger charge is -2.09. The van der Waals surface area contributed by atoms with Crippen LogP contribution in [0.4, 0.5) is 0 Å². The second kappa shape index (κ2) is 4.47. The van der Waals surface area contributed by atoms with Crippen LogP contribution in [0.2, 0.25) is 10.0 Å². The number of hydrogen-bond acceptors (Lipinski definition) is 2. The first-order valence-corrected chi connectivity index (χ1v) is 4.53. The minimum Gasteiger partial charge on any atom is -0.383 e. The van der Waals surface area contributed by atoms with E-state index in [0.29, 0.717) is 15.6 Å². The Morgan fingerprint density at radius 2 is 2.07 bits per heavy atom. The van der Waals surface area contributed by atoms with Gasteiger partial charge in [-0.1, -0.05) is 35.8 Å². The molecule has 14 heavy (non-hydrogen) atoms. The lowest BCUT2D eigenvalue weighted by Crippen LogP contribution is -1.98. The zero-order chi connectivity index (χ0) is 10.7. The summed E-state index contributed by atoms with van der Waals surface area (Å²) in [5.41, 5.74) is 0.578. The van der Waals surface area contributed by atoms with Gasteiger partial charge in [-0.25, -0.2) is 0 Å². The fourth-order valence-corrected chi connectivity index (χ4v) is 1.25. The maximum absolute atomic E-state index is 9.58. The van der Waals surface area contributed by atoms with Gasteiger partial charge in [0.1, 0.15) is 6.10 Å². The van der Waals surface area contributed by atoms with Gasteiger partial charge in [0.2, 0.25) is 0 Å². The fourth-order valence-electron chi connectivity index (χ4n) is 0.945. The third-order valence-electron chi connectivity index (χ3n) is 1.73. The zero-order valence-corrected chi connectivity index (χ0v) is 8.68. The van der Waals surface area contributed by atoms with E-state index in [1.165, 1.54) is 6.07 Å². The predicted octanol–water partition coefficient (Wildman–Crippen LogP) is 3.11. The van der Waals surface area contributed by atoms with Crippen molar-refractivity contribution < 1.29 is 5.11 Å². The van der Waals surface area contributed by atoms with Gasteiger partial charge in [-0.2, -0.15) is 5.26 Å². The monoisotopic (exact) mass is 227 g/mol. The lowest BCUT2D eigenvalue weighted by molar-refractivity contribution is 0.221. The van der Waals surface area contributed by atoms with E-state index in [-0.39, 0.29) is 5.57 Å². The first-order chi connectivity index (χ1) is 6.56. The van der Waals surface area contributed by atoms with E-state index in [9.17, 15) is 5.11 Å². The zero-order valence-electron chi connectivity index (χ0n) is 7.17. The predicted molar refractivity (Wildman–Crippen MR) is 56.2 cm³/mol. The van der Waals surface area contributed by atoms with Crippen LogP contribution in [0.5, 0.6) is 0 Å². The maximum Gasteiger partial charge on any atom is 0.113 e. The number of halogens is 2. The first kappa shape index (κ1) is 11.1. The fraction of sp³-hybridized carbons (Fsp3) is 0.100. The molecule has 1 rings (SSSR count). The summed E-state index contributed by atoms with van der Waals surface area (Å²) in [7, 11) is 0. The third kappa shape index (κ3) is 2.27. The Kier molecular flexibility index (Phi) is 3.54. The van der Waals surface area contributed by atoms with Crippen molar-refractivity contribution in [1.82, 2.24) is 0 Å². The Bertz CT molecular complexity index is 409. The molecule has 0 spiro atoms. The molecular formula is C10H7Cl2NO. The van der Waals surface area contributed by atoms with E-state index in [0.717, 1.165) is 0 Å². The van der Waals surface area contributed by atoms with Gasteiger partial charge in [0.15, 0.2) is 0 Å². The minimum atomic E-state index is -1.02. The van der Waals surface area contributed by atoms with Crippen molar-refractivity contribution in [3.63, 3.8) is 0 Å². The van der Waals surface area contributed by atoms with Crippen LogP contribution >= 0.6 is 23.2 Å². The Morgan fingerprint density at radius 3 is 2.57 bits per heavy atom. The quantitative estimate of drug-likeness (QED) is 0.790. The Morgan fingerprint density at radius 1 is 1.43 bits per heavy atom. The van der Waals surface area contributed by atoms with E-state index in [1.807, 2.05) is 0 Å². The molecule has 1 atom stereocenters. The molecule has 0 saturated heterocycles. The maximum atomic E-state index is 9.58. The summed E-state index contributed by atoms with van der Waals surface area (Å²) >= 11 is 11.4. The van der Waals surface area contributed by atoms with Crippen molar-refractivity contribution in [2.75, 3.05) is 0 Å². The van der Waals surface area contributed by atoms with Crippen LogP contribution in [0.3, 0.4) is 0 Å². The first-order valence-electron chi connectivity index (χ1n) is 3.78. The van der Waals surface area contributed by atoms with Gasteiger partial charge in [0.05, 0.1) is 21.7 Å². The summed E-state index contributed by atoms with van der Waals surface area (Å²) in [5.74, 6) is 0. The van der Waals surface area contributed by atoms with Crippen molar-refractivity contribution in [3.8, 4) is 6.07 Å². The highest BCUT2D eigenvalue weighted by molar-refractivity contribution is 6.42. The molecule has 4 heteroatoms. The van der Waals surface area contributed by atoms with E-state index in [4.69, 9.17) is 28.5 Å². The van der Waals surface area contributed by atoms with Crippen LogP contribution < -0.4 is 0 Å². The molecule has 1 N–H and O–H groups in total. The highest BCUT2D eigenvalue weighted by Gasteiger charge is 2.12. The van der Waals surface area contributed by atoms with Crippen LogP contribution in [-0.2, 0) is 0 Å². The van der Waals surface area contributed by atoms with Gasteiger partial charge in [-0.3, -0.25) is 0 Å². The van der Waals surface area contributed by atoms with Crippen LogP contribution in [0.15, 0.2) is 30.4 Å². The van der Waals surface area contributed by atoms with E-state index < -0.39 is 6.10 Å². The van der Waals surface area contributed by atoms with E-state index in [2.05, 4.69) is 6.58 Å². The summed E-state index contributed by atoms with van der Waals surface area (Å²) in [4.78, 5) is 0. The highest BCUT2D eigenvalue weighted by atomic mass is 35.5. The van der Waals surface area contributed by atoms with Gasteiger partial charge < -0.3 is 5.11 Å². The lowest BCUT2D eigenvalue weighted by atomic mass is 10.0. The topological polar surface area (TPSA) is 44.0 Å². The van der Waals surface area contributed by atoms with Crippen LogP contribution in [-0.4, -0.2) is 5.11 Å². The van der Waals surface area contributed by atoms with Crippen LogP contribution in [0.1, 0.15) is 11.7 Å². The molecule has 0 radical (unpaired) electrons. The summed E-state index contributed by atoms with van der Waals surface area (Å²) in [6, 6.07) is 6.45. The second-order valence-corrected chi connectivity index (χ2v) is 3.53. The van der Waals surface area contributed by atoms with E-state index in [1.54, 1.807) is 18.2 Å². The number of benzene rings is 1. The van der Waals surface area contributed by atoms with Crippen molar-refractivity contribution in [1.29, 1.82) is 5.26 Å². The molecule has 0 aliphatic carbocycles. The molecule has 0 aromatic heterocycles. The second-order valence-electron chi connectivity index (χ2n) is 2.71.